The fourth-order valence-electron chi connectivity index (χ4n) is 2.94. The smallest absolute Gasteiger partial charge is 0.329 e. The molecule has 2 fully saturated rings. The SMILES string of the molecule is O=C(NC1(C(=O)O)CC1)c1cccc(S(=O)(=O)NC2CCCC2)c1. The second kappa shape index (κ2) is 6.18. The summed E-state index contributed by atoms with van der Waals surface area (Å²) in [6.45, 7) is 0. The van der Waals surface area contributed by atoms with Crippen LogP contribution in [0.15, 0.2) is 29.2 Å². The maximum Gasteiger partial charge on any atom is 0.329 e. The summed E-state index contributed by atoms with van der Waals surface area (Å²) in [6, 6.07) is 5.61. The second-order valence-corrected chi connectivity index (χ2v) is 8.19. The highest BCUT2D eigenvalue weighted by molar-refractivity contribution is 7.89. The Hall–Kier alpha value is -1.93. The molecule has 0 spiro atoms. The molecule has 7 nitrogen and oxygen atoms in total. The van der Waals surface area contributed by atoms with E-state index < -0.39 is 27.4 Å². The van der Waals surface area contributed by atoms with Crippen LogP contribution >= 0.6 is 0 Å². The van der Waals surface area contributed by atoms with Crippen molar-refractivity contribution in [3.63, 3.8) is 0 Å². The van der Waals surface area contributed by atoms with E-state index in [-0.39, 0.29) is 16.5 Å². The predicted molar refractivity (Wildman–Crippen MR) is 86.1 cm³/mol. The minimum atomic E-state index is -3.69. The Kier molecular flexibility index (Phi) is 4.35. The van der Waals surface area contributed by atoms with Gasteiger partial charge >= 0.3 is 5.97 Å². The van der Waals surface area contributed by atoms with Gasteiger partial charge in [-0.05, 0) is 43.9 Å². The zero-order valence-corrected chi connectivity index (χ0v) is 13.9. The first-order valence-corrected chi connectivity index (χ1v) is 9.49. The zero-order chi connectivity index (χ0) is 17.4. The number of aliphatic carboxylic acids is 1. The van der Waals surface area contributed by atoms with Crippen LogP contribution in [0.3, 0.4) is 0 Å². The van der Waals surface area contributed by atoms with Gasteiger partial charge in [-0.15, -0.1) is 0 Å². The Morgan fingerprint density at radius 2 is 1.83 bits per heavy atom. The van der Waals surface area contributed by atoms with E-state index in [9.17, 15) is 18.0 Å². The van der Waals surface area contributed by atoms with Gasteiger partial charge in [0.2, 0.25) is 10.0 Å². The van der Waals surface area contributed by atoms with E-state index in [1.165, 1.54) is 24.3 Å². The van der Waals surface area contributed by atoms with E-state index >= 15 is 0 Å². The second-order valence-electron chi connectivity index (χ2n) is 6.47. The van der Waals surface area contributed by atoms with E-state index in [1.807, 2.05) is 0 Å². The van der Waals surface area contributed by atoms with Crippen LogP contribution in [-0.4, -0.2) is 37.0 Å². The lowest BCUT2D eigenvalue weighted by Crippen LogP contribution is -2.43. The number of sulfonamides is 1. The van der Waals surface area contributed by atoms with Crippen LogP contribution in [0.5, 0.6) is 0 Å². The highest BCUT2D eigenvalue weighted by Crippen LogP contribution is 2.35. The van der Waals surface area contributed by atoms with E-state index in [2.05, 4.69) is 10.0 Å². The van der Waals surface area contributed by atoms with Crippen molar-refractivity contribution in [3.8, 4) is 0 Å². The molecule has 3 rings (SSSR count). The van der Waals surface area contributed by atoms with Crippen LogP contribution in [0.1, 0.15) is 48.9 Å². The normalized spacial score (nSPS) is 19.8. The number of carbonyl (C=O) groups excluding carboxylic acids is 1. The van der Waals surface area contributed by atoms with Gasteiger partial charge in [0.15, 0.2) is 0 Å². The number of hydrogen-bond acceptors (Lipinski definition) is 4. The summed E-state index contributed by atoms with van der Waals surface area (Å²) >= 11 is 0. The molecule has 8 heteroatoms. The number of carbonyl (C=O) groups is 2. The Bertz CT molecular complexity index is 764. The standard InChI is InChI=1S/C16H20N2O5S/c19-14(17-16(8-9-16)15(20)21)11-4-3-7-13(10-11)24(22,23)18-12-5-1-2-6-12/h3-4,7,10,12,18H,1-2,5-6,8-9H2,(H,17,19)(H,20,21). The Morgan fingerprint density at radius 3 is 2.42 bits per heavy atom. The predicted octanol–water partition coefficient (Wildman–Crippen LogP) is 1.25. The highest BCUT2D eigenvalue weighted by atomic mass is 32.2. The molecule has 130 valence electrons. The maximum absolute atomic E-state index is 12.4. The quantitative estimate of drug-likeness (QED) is 0.713. The average Bonchev–Trinajstić information content (AvgIpc) is 3.15. The monoisotopic (exact) mass is 352 g/mol. The molecule has 24 heavy (non-hydrogen) atoms. The molecule has 2 aliphatic carbocycles. The minimum Gasteiger partial charge on any atom is -0.480 e. The van der Waals surface area contributed by atoms with Crippen molar-refractivity contribution >= 4 is 21.9 Å². The van der Waals surface area contributed by atoms with Crippen molar-refractivity contribution in [1.82, 2.24) is 10.0 Å². The summed E-state index contributed by atoms with van der Waals surface area (Å²) in [5, 5.41) is 11.6. The van der Waals surface area contributed by atoms with Crippen LogP contribution in [-0.2, 0) is 14.8 Å². The molecule has 2 aliphatic rings. The summed E-state index contributed by atoms with van der Waals surface area (Å²) in [5.74, 6) is -1.64. The third kappa shape index (κ3) is 3.44. The van der Waals surface area contributed by atoms with E-state index in [0.717, 1.165) is 25.7 Å². The van der Waals surface area contributed by atoms with Gasteiger partial charge in [-0.25, -0.2) is 17.9 Å². The molecule has 0 bridgehead atoms. The lowest BCUT2D eigenvalue weighted by Gasteiger charge is -2.14. The largest absolute Gasteiger partial charge is 0.480 e. The van der Waals surface area contributed by atoms with Crippen LogP contribution in [0.25, 0.3) is 0 Å². The number of nitrogens with one attached hydrogen (secondary N) is 2. The van der Waals surface area contributed by atoms with Gasteiger partial charge in [-0.3, -0.25) is 4.79 Å². The summed E-state index contributed by atoms with van der Waals surface area (Å²) in [4.78, 5) is 23.4. The van der Waals surface area contributed by atoms with E-state index in [0.29, 0.717) is 12.8 Å². The van der Waals surface area contributed by atoms with Gasteiger partial charge in [0.25, 0.3) is 5.91 Å². The molecule has 0 aliphatic heterocycles. The van der Waals surface area contributed by atoms with Crippen molar-refractivity contribution in [1.29, 1.82) is 0 Å². The van der Waals surface area contributed by atoms with Crippen molar-refractivity contribution in [2.75, 3.05) is 0 Å². The van der Waals surface area contributed by atoms with Crippen molar-refractivity contribution in [2.24, 2.45) is 0 Å². The number of rotatable bonds is 6. The first-order chi connectivity index (χ1) is 11.3. The molecular weight excluding hydrogens is 332 g/mol. The molecule has 2 saturated carbocycles. The summed E-state index contributed by atoms with van der Waals surface area (Å²) in [7, 11) is -3.69. The van der Waals surface area contributed by atoms with Gasteiger partial charge in [0, 0.05) is 11.6 Å². The van der Waals surface area contributed by atoms with Crippen LogP contribution in [0.2, 0.25) is 0 Å². The lowest BCUT2D eigenvalue weighted by molar-refractivity contribution is -0.140. The van der Waals surface area contributed by atoms with Crippen molar-refractivity contribution < 1.29 is 23.1 Å². The number of hydrogen-bond donors (Lipinski definition) is 3. The fraction of sp³-hybridized carbons (Fsp3) is 0.500. The van der Waals surface area contributed by atoms with Crippen molar-refractivity contribution in [2.45, 2.75) is 55.0 Å². The molecule has 1 amide bonds. The average molecular weight is 352 g/mol. The lowest BCUT2D eigenvalue weighted by atomic mass is 10.2. The third-order valence-corrected chi connectivity index (χ3v) is 6.11. The van der Waals surface area contributed by atoms with Gasteiger partial charge in [-0.2, -0.15) is 0 Å². The molecule has 3 N–H and O–H groups in total. The van der Waals surface area contributed by atoms with Crippen LogP contribution in [0.4, 0.5) is 0 Å². The molecule has 0 atom stereocenters. The molecule has 1 aromatic carbocycles. The molecular formula is C16H20N2O5S. The van der Waals surface area contributed by atoms with Gasteiger partial charge < -0.3 is 10.4 Å². The number of benzene rings is 1. The molecule has 0 aromatic heterocycles. The number of carboxylic acid groups (broad SMARTS) is 1. The molecule has 1 aromatic rings. The minimum absolute atomic E-state index is 0.0159. The first-order valence-electron chi connectivity index (χ1n) is 8.01. The molecule has 0 saturated heterocycles. The number of amides is 1. The Morgan fingerprint density at radius 1 is 1.17 bits per heavy atom. The van der Waals surface area contributed by atoms with Gasteiger partial charge in [0.1, 0.15) is 5.54 Å². The van der Waals surface area contributed by atoms with E-state index in [4.69, 9.17) is 5.11 Å². The van der Waals surface area contributed by atoms with Crippen molar-refractivity contribution in [3.05, 3.63) is 29.8 Å². The maximum atomic E-state index is 12.4. The first kappa shape index (κ1) is 16.9. The molecule has 0 radical (unpaired) electrons. The Balaban J connectivity index is 1.76. The van der Waals surface area contributed by atoms with Crippen LogP contribution < -0.4 is 10.0 Å². The van der Waals surface area contributed by atoms with Crippen LogP contribution in [0, 0.1) is 0 Å². The summed E-state index contributed by atoms with van der Waals surface area (Å²) in [6.07, 6.45) is 4.42. The van der Waals surface area contributed by atoms with Gasteiger partial charge in [-0.1, -0.05) is 18.9 Å². The fourth-order valence-corrected chi connectivity index (χ4v) is 4.29. The molecule has 0 heterocycles. The zero-order valence-electron chi connectivity index (χ0n) is 13.1. The third-order valence-electron chi connectivity index (χ3n) is 4.60. The summed E-state index contributed by atoms with van der Waals surface area (Å²) in [5.41, 5.74) is -1.06. The van der Waals surface area contributed by atoms with Gasteiger partial charge in [0.05, 0.1) is 4.90 Å². The summed E-state index contributed by atoms with van der Waals surface area (Å²) < 4.78 is 27.5. The molecule has 0 unspecified atom stereocenters. The highest BCUT2D eigenvalue weighted by Gasteiger charge is 2.51. The Labute approximate surface area is 140 Å². The number of carboxylic acids is 1. The van der Waals surface area contributed by atoms with E-state index in [1.54, 1.807) is 0 Å². The topological polar surface area (TPSA) is 113 Å².